The number of hydrogen-bond donors (Lipinski definition) is 1. The summed E-state index contributed by atoms with van der Waals surface area (Å²) in [4.78, 5) is 9.13. The van der Waals surface area contributed by atoms with Gasteiger partial charge in [-0.15, -0.1) is 0 Å². The molecule has 0 unspecified atom stereocenters. The zero-order valence-corrected chi connectivity index (χ0v) is 11.9. The van der Waals surface area contributed by atoms with Gasteiger partial charge in [0, 0.05) is 38.1 Å². The third-order valence-electron chi connectivity index (χ3n) is 3.94. The highest BCUT2D eigenvalue weighted by atomic mass is 16.3. The molecule has 1 aromatic heterocycles. The van der Waals surface area contributed by atoms with Crippen LogP contribution in [-0.4, -0.2) is 54.3 Å². The van der Waals surface area contributed by atoms with Gasteiger partial charge in [0.1, 0.15) is 5.82 Å². The Morgan fingerprint density at radius 1 is 1.19 bits per heavy atom. The normalized spacial score (nSPS) is 16.1. The molecular weight excluding hydrogens is 264 g/mol. The Kier molecular flexibility index (Phi) is 4.00. The van der Waals surface area contributed by atoms with Gasteiger partial charge in [-0.05, 0) is 12.1 Å². The summed E-state index contributed by atoms with van der Waals surface area (Å²) in [5.74, 6) is 0.869. The van der Waals surface area contributed by atoms with E-state index in [4.69, 9.17) is 5.11 Å². The molecule has 108 valence electrons. The molecule has 0 amide bonds. The van der Waals surface area contributed by atoms with Crippen molar-refractivity contribution < 1.29 is 5.11 Å². The number of nitriles is 1. The number of hydrogen-bond acceptors (Lipinski definition) is 5. The Bertz CT molecular complexity index is 672. The first-order valence-electron chi connectivity index (χ1n) is 7.20. The van der Waals surface area contributed by atoms with Crippen molar-refractivity contribution in [2.75, 3.05) is 44.2 Å². The van der Waals surface area contributed by atoms with Crippen molar-refractivity contribution in [2.45, 2.75) is 0 Å². The molecule has 5 heteroatoms. The Hall–Kier alpha value is -2.16. The second-order valence-electron chi connectivity index (χ2n) is 5.21. The number of piperazine rings is 1. The molecule has 2 aromatic rings. The summed E-state index contributed by atoms with van der Waals surface area (Å²) in [6.07, 6.45) is 0. The van der Waals surface area contributed by atoms with E-state index in [1.54, 1.807) is 0 Å². The van der Waals surface area contributed by atoms with Crippen LogP contribution < -0.4 is 4.90 Å². The number of β-amino-alcohol motifs (C(OH)–C–C–N with tert-alkyl or cyclic N) is 1. The number of aromatic nitrogens is 1. The van der Waals surface area contributed by atoms with Crippen molar-refractivity contribution in [3.8, 4) is 6.07 Å². The fraction of sp³-hybridized carbons (Fsp3) is 0.375. The second kappa shape index (κ2) is 6.08. The van der Waals surface area contributed by atoms with E-state index >= 15 is 0 Å². The molecule has 0 bridgehead atoms. The molecule has 1 aromatic carbocycles. The zero-order chi connectivity index (χ0) is 14.7. The maximum absolute atomic E-state index is 9.34. The largest absolute Gasteiger partial charge is 0.395 e. The van der Waals surface area contributed by atoms with Crippen molar-refractivity contribution in [2.24, 2.45) is 0 Å². The number of anilines is 1. The maximum Gasteiger partial charge on any atom is 0.130 e. The Morgan fingerprint density at radius 3 is 2.67 bits per heavy atom. The van der Waals surface area contributed by atoms with Crippen molar-refractivity contribution in [3.05, 3.63) is 35.9 Å². The van der Waals surface area contributed by atoms with Crippen LogP contribution in [0, 0.1) is 11.3 Å². The van der Waals surface area contributed by atoms with Gasteiger partial charge in [-0.1, -0.05) is 18.2 Å². The summed E-state index contributed by atoms with van der Waals surface area (Å²) in [5.41, 5.74) is 1.54. The van der Waals surface area contributed by atoms with Crippen LogP contribution in [0.2, 0.25) is 0 Å². The van der Waals surface area contributed by atoms with Crippen LogP contribution in [0.1, 0.15) is 5.56 Å². The lowest BCUT2D eigenvalue weighted by molar-refractivity contribution is 0.188. The van der Waals surface area contributed by atoms with Crippen LogP contribution >= 0.6 is 0 Å². The van der Waals surface area contributed by atoms with Crippen molar-refractivity contribution in [1.82, 2.24) is 9.88 Å². The molecular formula is C16H18N4O. The number of benzene rings is 1. The van der Waals surface area contributed by atoms with E-state index in [2.05, 4.69) is 20.9 Å². The number of pyridine rings is 1. The highest BCUT2D eigenvalue weighted by Crippen LogP contribution is 2.23. The molecule has 1 fully saturated rings. The molecule has 1 N–H and O–H groups in total. The second-order valence-corrected chi connectivity index (χ2v) is 5.21. The van der Waals surface area contributed by atoms with Crippen LogP contribution in [0.3, 0.4) is 0 Å². The van der Waals surface area contributed by atoms with Crippen LogP contribution in [0.25, 0.3) is 10.9 Å². The van der Waals surface area contributed by atoms with E-state index in [-0.39, 0.29) is 6.61 Å². The van der Waals surface area contributed by atoms with Crippen molar-refractivity contribution >= 4 is 16.7 Å². The fourth-order valence-electron chi connectivity index (χ4n) is 2.76. The lowest BCUT2D eigenvalue weighted by atomic mass is 10.1. The van der Waals surface area contributed by atoms with E-state index in [0.717, 1.165) is 49.4 Å². The topological polar surface area (TPSA) is 63.4 Å². The van der Waals surface area contributed by atoms with Crippen LogP contribution in [0.5, 0.6) is 0 Å². The van der Waals surface area contributed by atoms with Gasteiger partial charge in [0.25, 0.3) is 0 Å². The van der Waals surface area contributed by atoms with Crippen LogP contribution in [0.15, 0.2) is 30.3 Å². The first-order chi connectivity index (χ1) is 10.3. The van der Waals surface area contributed by atoms with E-state index in [1.807, 2.05) is 30.3 Å². The molecule has 0 radical (unpaired) electrons. The van der Waals surface area contributed by atoms with Crippen LogP contribution in [-0.2, 0) is 0 Å². The van der Waals surface area contributed by atoms with E-state index in [0.29, 0.717) is 5.56 Å². The van der Waals surface area contributed by atoms with Gasteiger partial charge in [0.2, 0.25) is 0 Å². The molecule has 2 heterocycles. The lowest BCUT2D eigenvalue weighted by Crippen LogP contribution is -2.47. The summed E-state index contributed by atoms with van der Waals surface area (Å²) in [5, 5.41) is 19.2. The predicted molar refractivity (Wildman–Crippen MR) is 82.2 cm³/mol. The Balaban J connectivity index is 1.87. The van der Waals surface area contributed by atoms with Gasteiger partial charge in [0.05, 0.1) is 23.8 Å². The molecule has 5 nitrogen and oxygen atoms in total. The zero-order valence-electron chi connectivity index (χ0n) is 11.9. The van der Waals surface area contributed by atoms with Gasteiger partial charge in [0.15, 0.2) is 0 Å². The van der Waals surface area contributed by atoms with Crippen molar-refractivity contribution in [1.29, 1.82) is 5.26 Å². The highest BCUT2D eigenvalue weighted by Gasteiger charge is 2.18. The molecule has 1 saturated heterocycles. The SMILES string of the molecule is N#Cc1cc(N2CCN(CCO)CC2)nc2ccccc12. The first-order valence-corrected chi connectivity index (χ1v) is 7.20. The van der Waals surface area contributed by atoms with E-state index in [9.17, 15) is 5.26 Å². The van der Waals surface area contributed by atoms with Gasteiger partial charge >= 0.3 is 0 Å². The van der Waals surface area contributed by atoms with Gasteiger partial charge in [-0.3, -0.25) is 4.90 Å². The summed E-state index contributed by atoms with van der Waals surface area (Å²) < 4.78 is 0. The minimum atomic E-state index is 0.201. The maximum atomic E-state index is 9.34. The number of aliphatic hydroxyl groups is 1. The number of rotatable bonds is 3. The monoisotopic (exact) mass is 282 g/mol. The molecule has 0 spiro atoms. The van der Waals surface area contributed by atoms with Gasteiger partial charge in [-0.25, -0.2) is 4.98 Å². The third-order valence-corrected chi connectivity index (χ3v) is 3.94. The Labute approximate surface area is 124 Å². The molecule has 1 aliphatic rings. The van der Waals surface area contributed by atoms with Gasteiger partial charge in [-0.2, -0.15) is 5.26 Å². The summed E-state index contributed by atoms with van der Waals surface area (Å²) in [6.45, 7) is 4.50. The summed E-state index contributed by atoms with van der Waals surface area (Å²) >= 11 is 0. The molecule has 0 aliphatic carbocycles. The van der Waals surface area contributed by atoms with E-state index in [1.165, 1.54) is 0 Å². The lowest BCUT2D eigenvalue weighted by Gasteiger charge is -2.35. The standard InChI is InChI=1S/C16H18N4O/c17-12-13-11-16(18-15-4-2-1-3-14(13)15)20-7-5-19(6-8-20)9-10-21/h1-4,11,21H,5-10H2. The minimum absolute atomic E-state index is 0.201. The van der Waals surface area contributed by atoms with Gasteiger partial charge < -0.3 is 10.0 Å². The molecule has 0 saturated carbocycles. The number of para-hydroxylation sites is 1. The molecule has 0 atom stereocenters. The molecule has 1 aliphatic heterocycles. The summed E-state index contributed by atoms with van der Waals surface area (Å²) in [6, 6.07) is 11.9. The molecule has 3 rings (SSSR count). The number of fused-ring (bicyclic) bond motifs is 1. The predicted octanol–water partition coefficient (Wildman–Crippen LogP) is 1.22. The third kappa shape index (κ3) is 2.82. The summed E-state index contributed by atoms with van der Waals surface area (Å²) in [7, 11) is 0. The first kappa shape index (κ1) is 13.8. The van der Waals surface area contributed by atoms with Crippen LogP contribution in [0.4, 0.5) is 5.82 Å². The average molecular weight is 282 g/mol. The number of nitrogens with zero attached hydrogens (tertiary/aromatic N) is 4. The number of aliphatic hydroxyl groups excluding tert-OH is 1. The average Bonchev–Trinajstić information content (AvgIpc) is 2.55. The smallest absolute Gasteiger partial charge is 0.130 e. The fourth-order valence-corrected chi connectivity index (χ4v) is 2.76. The highest BCUT2D eigenvalue weighted by molar-refractivity contribution is 5.86. The molecule has 21 heavy (non-hydrogen) atoms. The minimum Gasteiger partial charge on any atom is -0.395 e. The van der Waals surface area contributed by atoms with E-state index < -0.39 is 0 Å². The van der Waals surface area contributed by atoms with Crippen molar-refractivity contribution in [3.63, 3.8) is 0 Å². The Morgan fingerprint density at radius 2 is 1.95 bits per heavy atom. The quantitative estimate of drug-likeness (QED) is 0.917.